The molecule has 1 saturated carbocycles. The van der Waals surface area contributed by atoms with Crippen LogP contribution >= 0.6 is 11.6 Å². The third kappa shape index (κ3) is 2.59. The molecule has 0 heterocycles. The van der Waals surface area contributed by atoms with E-state index in [-0.39, 0.29) is 11.3 Å². The number of carbonyl (C=O) groups is 1. The highest BCUT2D eigenvalue weighted by Gasteiger charge is 2.41. The van der Waals surface area contributed by atoms with Gasteiger partial charge in [-0.25, -0.2) is 0 Å². The number of rotatable bonds is 4. The maximum atomic E-state index is 12.1. The Morgan fingerprint density at radius 1 is 1.16 bits per heavy atom. The molecule has 1 fully saturated rings. The summed E-state index contributed by atoms with van der Waals surface area (Å²) in [7, 11) is 0. The minimum absolute atomic E-state index is 0.0119. The monoisotopic (exact) mass is 273 g/mol. The molecule has 1 N–H and O–H groups in total. The molecule has 0 atom stereocenters. The van der Waals surface area contributed by atoms with Gasteiger partial charge in [-0.05, 0) is 35.7 Å². The Kier molecular flexibility index (Phi) is 3.19. The number of hydrogen-bond donors (Lipinski definition) is 1. The molecule has 0 aliphatic heterocycles. The van der Waals surface area contributed by atoms with Gasteiger partial charge in [0.2, 0.25) is 0 Å². The van der Waals surface area contributed by atoms with Crippen molar-refractivity contribution in [3.8, 4) is 0 Å². The fourth-order valence-corrected chi connectivity index (χ4v) is 2.60. The van der Waals surface area contributed by atoms with Gasteiger partial charge in [-0.2, -0.15) is 0 Å². The van der Waals surface area contributed by atoms with E-state index in [1.54, 1.807) is 0 Å². The average Bonchev–Trinajstić information content (AvgIpc) is 3.25. The molecular formula is C16H16ClNO. The molecule has 3 heteroatoms. The first kappa shape index (κ1) is 12.5. The molecule has 1 aliphatic rings. The fourth-order valence-electron chi connectivity index (χ4n) is 2.23. The maximum Gasteiger partial charge on any atom is 0.251 e. The number of halogens is 1. The van der Waals surface area contributed by atoms with E-state index < -0.39 is 0 Å². The van der Waals surface area contributed by atoms with Crippen molar-refractivity contribution in [2.45, 2.75) is 12.8 Å². The molecule has 0 bridgehead atoms. The number of fused-ring (bicyclic) bond motifs is 1. The Bertz CT molecular complexity index is 619. The van der Waals surface area contributed by atoms with Crippen molar-refractivity contribution in [1.82, 2.24) is 5.32 Å². The van der Waals surface area contributed by atoms with E-state index in [2.05, 4.69) is 5.32 Å². The predicted octanol–water partition coefficient (Wildman–Crippen LogP) is 3.59. The lowest BCUT2D eigenvalue weighted by atomic mass is 10.1. The Hall–Kier alpha value is -1.54. The van der Waals surface area contributed by atoms with E-state index in [0.29, 0.717) is 18.0 Å². The minimum atomic E-state index is -0.0119. The van der Waals surface area contributed by atoms with Crippen LogP contribution in [0.1, 0.15) is 23.2 Å². The summed E-state index contributed by atoms with van der Waals surface area (Å²) in [6, 6.07) is 13.8. The first-order valence-electron chi connectivity index (χ1n) is 6.55. The Morgan fingerprint density at radius 3 is 2.58 bits per heavy atom. The van der Waals surface area contributed by atoms with Crippen LogP contribution in [0.25, 0.3) is 10.8 Å². The Balaban J connectivity index is 1.74. The molecule has 0 radical (unpaired) electrons. The largest absolute Gasteiger partial charge is 0.351 e. The van der Waals surface area contributed by atoms with E-state index in [9.17, 15) is 4.79 Å². The molecule has 0 aromatic heterocycles. The van der Waals surface area contributed by atoms with Crippen LogP contribution in [0.15, 0.2) is 42.5 Å². The summed E-state index contributed by atoms with van der Waals surface area (Å²) in [5.74, 6) is 0.618. The molecule has 2 aromatic carbocycles. The highest BCUT2D eigenvalue weighted by atomic mass is 35.5. The third-order valence-electron chi connectivity index (χ3n) is 3.88. The van der Waals surface area contributed by atoms with Gasteiger partial charge in [0.25, 0.3) is 5.91 Å². The van der Waals surface area contributed by atoms with Gasteiger partial charge in [-0.15, -0.1) is 11.6 Å². The van der Waals surface area contributed by atoms with E-state index in [4.69, 9.17) is 11.6 Å². The molecule has 2 nitrogen and oxygen atoms in total. The topological polar surface area (TPSA) is 29.1 Å². The molecule has 3 rings (SSSR count). The lowest BCUT2D eigenvalue weighted by molar-refractivity contribution is 0.0946. The van der Waals surface area contributed by atoms with Crippen molar-refractivity contribution in [3.05, 3.63) is 48.0 Å². The van der Waals surface area contributed by atoms with E-state index in [1.165, 1.54) is 0 Å². The molecule has 19 heavy (non-hydrogen) atoms. The summed E-state index contributed by atoms with van der Waals surface area (Å²) in [6.07, 6.45) is 2.24. The van der Waals surface area contributed by atoms with Gasteiger partial charge in [0.05, 0.1) is 0 Å². The predicted molar refractivity (Wildman–Crippen MR) is 78.7 cm³/mol. The van der Waals surface area contributed by atoms with Crippen LogP contribution in [0.3, 0.4) is 0 Å². The van der Waals surface area contributed by atoms with Gasteiger partial charge in [-0.3, -0.25) is 4.79 Å². The lowest BCUT2D eigenvalue weighted by Gasteiger charge is -2.12. The van der Waals surface area contributed by atoms with Crippen LogP contribution in [0.5, 0.6) is 0 Å². The van der Waals surface area contributed by atoms with Gasteiger partial charge < -0.3 is 5.32 Å². The fraction of sp³-hybridized carbons (Fsp3) is 0.312. The average molecular weight is 274 g/mol. The molecular weight excluding hydrogens is 258 g/mol. The number of benzene rings is 2. The Labute approximate surface area is 117 Å². The van der Waals surface area contributed by atoms with Crippen LogP contribution in [0, 0.1) is 5.41 Å². The van der Waals surface area contributed by atoms with Gasteiger partial charge in [-0.1, -0.05) is 30.3 Å². The van der Waals surface area contributed by atoms with Crippen molar-refractivity contribution in [2.24, 2.45) is 5.41 Å². The summed E-state index contributed by atoms with van der Waals surface area (Å²) < 4.78 is 0. The first-order valence-corrected chi connectivity index (χ1v) is 7.09. The summed E-state index contributed by atoms with van der Waals surface area (Å²) in [6.45, 7) is 0.683. The standard InChI is InChI=1S/C16H16ClNO/c17-10-16(7-8-16)11-18-15(19)14-6-5-12-3-1-2-4-13(12)9-14/h1-6,9H,7-8,10-11H2,(H,18,19). The van der Waals surface area contributed by atoms with Crippen LogP contribution in [-0.2, 0) is 0 Å². The second kappa shape index (κ2) is 4.86. The van der Waals surface area contributed by atoms with Crippen LogP contribution < -0.4 is 5.32 Å². The van der Waals surface area contributed by atoms with Gasteiger partial charge in [0.15, 0.2) is 0 Å². The second-order valence-corrected chi connectivity index (χ2v) is 5.65. The molecule has 1 amide bonds. The van der Waals surface area contributed by atoms with Crippen LogP contribution in [0.2, 0.25) is 0 Å². The van der Waals surface area contributed by atoms with Gasteiger partial charge >= 0.3 is 0 Å². The van der Waals surface area contributed by atoms with E-state index in [0.717, 1.165) is 23.6 Å². The molecule has 0 spiro atoms. The smallest absolute Gasteiger partial charge is 0.251 e. The van der Waals surface area contributed by atoms with Crippen molar-refractivity contribution < 1.29 is 4.79 Å². The lowest BCUT2D eigenvalue weighted by Crippen LogP contribution is -2.30. The quantitative estimate of drug-likeness (QED) is 0.848. The molecule has 0 unspecified atom stereocenters. The van der Waals surface area contributed by atoms with Crippen molar-refractivity contribution >= 4 is 28.3 Å². The normalized spacial score (nSPS) is 16.3. The molecule has 2 aromatic rings. The zero-order valence-corrected chi connectivity index (χ0v) is 11.4. The van der Waals surface area contributed by atoms with Crippen molar-refractivity contribution in [3.63, 3.8) is 0 Å². The van der Waals surface area contributed by atoms with Gasteiger partial charge in [0, 0.05) is 23.4 Å². The molecule has 1 aliphatic carbocycles. The van der Waals surface area contributed by atoms with E-state index in [1.807, 2.05) is 42.5 Å². The molecule has 98 valence electrons. The van der Waals surface area contributed by atoms with Crippen LogP contribution in [-0.4, -0.2) is 18.3 Å². The van der Waals surface area contributed by atoms with Crippen molar-refractivity contribution in [2.75, 3.05) is 12.4 Å². The SMILES string of the molecule is O=C(NCC1(CCl)CC1)c1ccc2ccccc2c1. The number of carbonyl (C=O) groups excluding carboxylic acids is 1. The summed E-state index contributed by atoms with van der Waals surface area (Å²) >= 11 is 5.91. The number of hydrogen-bond acceptors (Lipinski definition) is 1. The highest BCUT2D eigenvalue weighted by Crippen LogP contribution is 2.45. The van der Waals surface area contributed by atoms with E-state index >= 15 is 0 Å². The summed E-state index contributed by atoms with van der Waals surface area (Å²) in [5.41, 5.74) is 0.873. The molecule has 0 saturated heterocycles. The summed E-state index contributed by atoms with van der Waals surface area (Å²) in [5, 5.41) is 5.24. The zero-order chi connectivity index (χ0) is 13.3. The highest BCUT2D eigenvalue weighted by molar-refractivity contribution is 6.18. The third-order valence-corrected chi connectivity index (χ3v) is 4.44. The zero-order valence-electron chi connectivity index (χ0n) is 10.7. The van der Waals surface area contributed by atoms with Crippen LogP contribution in [0.4, 0.5) is 0 Å². The number of amides is 1. The second-order valence-electron chi connectivity index (χ2n) is 5.38. The first-order chi connectivity index (χ1) is 9.22. The number of alkyl halides is 1. The Morgan fingerprint density at radius 2 is 1.89 bits per heavy atom. The maximum absolute atomic E-state index is 12.1. The number of nitrogens with one attached hydrogen (secondary N) is 1. The summed E-state index contributed by atoms with van der Waals surface area (Å²) in [4.78, 5) is 12.1. The van der Waals surface area contributed by atoms with Gasteiger partial charge in [0.1, 0.15) is 0 Å². The minimum Gasteiger partial charge on any atom is -0.351 e. The van der Waals surface area contributed by atoms with Crippen molar-refractivity contribution in [1.29, 1.82) is 0 Å².